The van der Waals surface area contributed by atoms with Crippen LogP contribution < -0.4 is 16.0 Å². The molecular formula is C21H28IN7OS. The van der Waals surface area contributed by atoms with Crippen LogP contribution in [0.1, 0.15) is 32.4 Å². The van der Waals surface area contributed by atoms with Gasteiger partial charge in [0, 0.05) is 31.1 Å². The molecule has 0 spiro atoms. The molecule has 8 nitrogen and oxygen atoms in total. The third-order valence-electron chi connectivity index (χ3n) is 4.69. The van der Waals surface area contributed by atoms with Crippen molar-refractivity contribution in [1.82, 2.24) is 30.7 Å². The number of guanidine groups is 1. The molecule has 0 radical (unpaired) electrons. The maximum atomic E-state index is 11.8. The summed E-state index contributed by atoms with van der Waals surface area (Å²) in [4.78, 5) is 17.7. The van der Waals surface area contributed by atoms with Crippen LogP contribution in [0, 0.1) is 6.92 Å². The fourth-order valence-corrected chi connectivity index (χ4v) is 3.48. The number of benzene rings is 1. The van der Waals surface area contributed by atoms with E-state index in [0.717, 1.165) is 23.6 Å². The van der Waals surface area contributed by atoms with Crippen molar-refractivity contribution in [2.45, 2.75) is 26.4 Å². The zero-order valence-corrected chi connectivity index (χ0v) is 21.0. The molecule has 0 aliphatic heterocycles. The first-order valence-electron chi connectivity index (χ1n) is 9.77. The van der Waals surface area contributed by atoms with Gasteiger partial charge in [0.2, 0.25) is 0 Å². The van der Waals surface area contributed by atoms with E-state index in [4.69, 9.17) is 0 Å². The number of rotatable bonds is 8. The van der Waals surface area contributed by atoms with E-state index in [1.807, 2.05) is 48.9 Å². The second kappa shape index (κ2) is 12.4. The number of nitrogens with one attached hydrogen (secondary N) is 3. The van der Waals surface area contributed by atoms with Crippen LogP contribution in [0.25, 0.3) is 0 Å². The third kappa shape index (κ3) is 7.31. The molecule has 3 aromatic rings. The lowest BCUT2D eigenvalue weighted by molar-refractivity contribution is 0.0963. The molecule has 31 heavy (non-hydrogen) atoms. The molecule has 0 unspecified atom stereocenters. The Morgan fingerprint density at radius 3 is 2.71 bits per heavy atom. The first-order chi connectivity index (χ1) is 14.6. The second-order valence-electron chi connectivity index (χ2n) is 6.78. The molecule has 166 valence electrons. The van der Waals surface area contributed by atoms with Crippen LogP contribution in [0.2, 0.25) is 0 Å². The Kier molecular flexibility index (Phi) is 9.92. The summed E-state index contributed by atoms with van der Waals surface area (Å²) >= 11 is 1.70. The molecule has 0 saturated heterocycles. The van der Waals surface area contributed by atoms with Crippen LogP contribution in [0.4, 0.5) is 0 Å². The van der Waals surface area contributed by atoms with Crippen molar-refractivity contribution in [2.24, 2.45) is 12.0 Å². The number of halogens is 1. The van der Waals surface area contributed by atoms with E-state index in [1.54, 1.807) is 18.4 Å². The van der Waals surface area contributed by atoms with Crippen molar-refractivity contribution in [3.63, 3.8) is 0 Å². The number of aliphatic imine (C=N–C) groups is 1. The smallest absolute Gasteiger partial charge is 0.251 e. The minimum Gasteiger partial charge on any atom is -0.356 e. The Morgan fingerprint density at radius 1 is 1.19 bits per heavy atom. The first-order valence-corrected chi connectivity index (χ1v) is 10.6. The number of hydrogen-bond acceptors (Lipinski definition) is 5. The third-order valence-corrected chi connectivity index (χ3v) is 5.57. The Balaban J connectivity index is 0.00000341. The Hall–Kier alpha value is -2.47. The highest BCUT2D eigenvalue weighted by Gasteiger charge is 2.07. The summed E-state index contributed by atoms with van der Waals surface area (Å²) in [6.45, 7) is 3.74. The van der Waals surface area contributed by atoms with Crippen molar-refractivity contribution in [2.75, 3.05) is 13.6 Å². The molecule has 0 aliphatic carbocycles. The van der Waals surface area contributed by atoms with E-state index >= 15 is 0 Å². The lowest BCUT2D eigenvalue weighted by Crippen LogP contribution is -2.38. The number of thiophene rings is 1. The minimum atomic E-state index is -0.0800. The molecule has 10 heteroatoms. The molecule has 1 amide bonds. The van der Waals surface area contributed by atoms with Crippen LogP contribution in [0.15, 0.2) is 46.8 Å². The summed E-state index contributed by atoms with van der Waals surface area (Å²) in [5, 5.41) is 19.7. The van der Waals surface area contributed by atoms with Gasteiger partial charge >= 0.3 is 0 Å². The van der Waals surface area contributed by atoms with Crippen LogP contribution >= 0.6 is 35.3 Å². The maximum Gasteiger partial charge on any atom is 0.251 e. The molecule has 3 N–H and O–H groups in total. The number of aryl methyl sites for hydroxylation is 1. The number of aromatic nitrogens is 3. The zero-order chi connectivity index (χ0) is 21.3. The van der Waals surface area contributed by atoms with Gasteiger partial charge in [0.15, 0.2) is 11.8 Å². The molecule has 0 bridgehead atoms. The van der Waals surface area contributed by atoms with Gasteiger partial charge in [-0.15, -0.1) is 45.5 Å². The second-order valence-corrected chi connectivity index (χ2v) is 7.81. The van der Waals surface area contributed by atoms with Gasteiger partial charge in [0.1, 0.15) is 12.4 Å². The van der Waals surface area contributed by atoms with Crippen LogP contribution in [0.3, 0.4) is 0 Å². The highest BCUT2D eigenvalue weighted by atomic mass is 127. The van der Waals surface area contributed by atoms with E-state index < -0.39 is 0 Å². The summed E-state index contributed by atoms with van der Waals surface area (Å²) in [7, 11) is 3.57. The topological polar surface area (TPSA) is 96.2 Å². The van der Waals surface area contributed by atoms with Crippen LogP contribution in [-0.4, -0.2) is 40.2 Å². The maximum absolute atomic E-state index is 11.8. The Morgan fingerprint density at radius 2 is 2.03 bits per heavy atom. The predicted molar refractivity (Wildman–Crippen MR) is 135 cm³/mol. The molecule has 0 fully saturated rings. The molecule has 3 rings (SSSR count). The SMILES string of the molecule is CNC(=O)c1cccc(CCNC(=NCc2nnc(C)n2C)NCc2cccs2)c1.I. The molecular weight excluding hydrogens is 525 g/mol. The predicted octanol–water partition coefficient (Wildman–Crippen LogP) is 2.64. The van der Waals surface area contributed by atoms with E-state index in [2.05, 4.69) is 42.6 Å². The summed E-state index contributed by atoms with van der Waals surface area (Å²) in [6.07, 6.45) is 0.771. The number of hydrogen-bond donors (Lipinski definition) is 3. The van der Waals surface area contributed by atoms with Gasteiger partial charge < -0.3 is 20.5 Å². The van der Waals surface area contributed by atoms with Crippen molar-refractivity contribution < 1.29 is 4.79 Å². The fourth-order valence-electron chi connectivity index (χ4n) is 2.83. The summed E-state index contributed by atoms with van der Waals surface area (Å²) < 4.78 is 1.94. The Bertz CT molecular complexity index is 1000. The Labute approximate surface area is 203 Å². The average Bonchev–Trinajstić information content (AvgIpc) is 3.40. The van der Waals surface area contributed by atoms with Crippen molar-refractivity contribution in [3.8, 4) is 0 Å². The standard InChI is InChI=1S/C21H27N7OS.HI/c1-15-26-27-19(28(15)3)14-25-21(24-13-18-8-5-11-30-18)23-10-9-16-6-4-7-17(12-16)20(29)22-2;/h4-8,11-12H,9-10,13-14H2,1-3H3,(H,22,29)(H2,23,24,25);1H. The number of amides is 1. The average molecular weight is 553 g/mol. The lowest BCUT2D eigenvalue weighted by atomic mass is 10.1. The van der Waals surface area contributed by atoms with Gasteiger partial charge in [-0.25, -0.2) is 4.99 Å². The highest BCUT2D eigenvalue weighted by Crippen LogP contribution is 2.08. The van der Waals surface area contributed by atoms with Gasteiger partial charge in [-0.05, 0) is 42.5 Å². The summed E-state index contributed by atoms with van der Waals surface area (Å²) in [5.74, 6) is 2.30. The van der Waals surface area contributed by atoms with Crippen molar-refractivity contribution >= 4 is 47.2 Å². The van der Waals surface area contributed by atoms with Crippen LogP contribution in [0.5, 0.6) is 0 Å². The molecule has 0 atom stereocenters. The minimum absolute atomic E-state index is 0. The molecule has 2 aromatic heterocycles. The molecule has 2 heterocycles. The van der Waals surface area contributed by atoms with Gasteiger partial charge in [-0.2, -0.15) is 0 Å². The van der Waals surface area contributed by atoms with Gasteiger partial charge in [-0.1, -0.05) is 18.2 Å². The highest BCUT2D eigenvalue weighted by molar-refractivity contribution is 14.0. The summed E-state index contributed by atoms with van der Waals surface area (Å²) in [6, 6.07) is 11.8. The van der Waals surface area contributed by atoms with E-state index in [-0.39, 0.29) is 29.9 Å². The normalized spacial score (nSPS) is 11.0. The molecule has 0 saturated carbocycles. The van der Waals surface area contributed by atoms with Crippen LogP contribution in [-0.2, 0) is 26.6 Å². The van der Waals surface area contributed by atoms with Crippen molar-refractivity contribution in [1.29, 1.82) is 0 Å². The van der Waals surface area contributed by atoms with Gasteiger partial charge in [0.05, 0.1) is 6.54 Å². The molecule has 1 aromatic carbocycles. The zero-order valence-electron chi connectivity index (χ0n) is 17.9. The quantitative estimate of drug-likeness (QED) is 0.227. The number of carbonyl (C=O) groups is 1. The van der Waals surface area contributed by atoms with E-state index in [0.29, 0.717) is 31.2 Å². The lowest BCUT2D eigenvalue weighted by Gasteiger charge is -2.12. The monoisotopic (exact) mass is 553 g/mol. The van der Waals surface area contributed by atoms with E-state index in [9.17, 15) is 4.79 Å². The largest absolute Gasteiger partial charge is 0.356 e. The summed E-state index contributed by atoms with van der Waals surface area (Å²) in [5.41, 5.74) is 1.75. The van der Waals surface area contributed by atoms with Gasteiger partial charge in [0.25, 0.3) is 5.91 Å². The van der Waals surface area contributed by atoms with Crippen molar-refractivity contribution in [3.05, 3.63) is 69.4 Å². The van der Waals surface area contributed by atoms with Gasteiger partial charge in [-0.3, -0.25) is 4.79 Å². The molecule has 0 aliphatic rings. The number of carbonyl (C=O) groups excluding carboxylic acids is 1. The number of nitrogens with zero attached hydrogens (tertiary/aromatic N) is 4. The first kappa shape index (κ1) is 24.8. The fraction of sp³-hybridized carbons (Fsp3) is 0.333. The van der Waals surface area contributed by atoms with E-state index in [1.165, 1.54) is 4.88 Å².